The minimum Gasteiger partial charge on any atom is -0.297 e. The summed E-state index contributed by atoms with van der Waals surface area (Å²) in [6.07, 6.45) is 3.20. The van der Waals surface area contributed by atoms with Crippen molar-refractivity contribution in [3.05, 3.63) is 35.3 Å². The van der Waals surface area contributed by atoms with Crippen LogP contribution in [-0.2, 0) is 16.4 Å². The van der Waals surface area contributed by atoms with Crippen LogP contribution in [0, 0.1) is 6.92 Å². The molecule has 3 heterocycles. The predicted octanol–water partition coefficient (Wildman–Crippen LogP) is 2.02. The smallest absolute Gasteiger partial charge is 0.188 e. The molecule has 1 aliphatic heterocycles. The Morgan fingerprint density at radius 2 is 2.22 bits per heavy atom. The first-order chi connectivity index (χ1) is 10.9. The molecule has 124 valence electrons. The van der Waals surface area contributed by atoms with E-state index in [1.807, 2.05) is 25.1 Å². The highest BCUT2D eigenvalue weighted by atomic mass is 32.2. The van der Waals surface area contributed by atoms with Gasteiger partial charge in [-0.25, -0.2) is 8.42 Å². The Morgan fingerprint density at radius 3 is 2.96 bits per heavy atom. The van der Waals surface area contributed by atoms with Gasteiger partial charge < -0.3 is 0 Å². The maximum Gasteiger partial charge on any atom is 0.188 e. The molecule has 1 fully saturated rings. The lowest BCUT2D eigenvalue weighted by Gasteiger charge is -2.31. The molecule has 23 heavy (non-hydrogen) atoms. The summed E-state index contributed by atoms with van der Waals surface area (Å²) in [6.45, 7) is 4.56. The third-order valence-electron chi connectivity index (χ3n) is 4.04. The summed E-state index contributed by atoms with van der Waals surface area (Å²) in [6, 6.07) is 6.04. The van der Waals surface area contributed by atoms with Crippen molar-refractivity contribution in [1.82, 2.24) is 19.5 Å². The molecule has 0 unspecified atom stereocenters. The molecule has 6 nitrogen and oxygen atoms in total. The van der Waals surface area contributed by atoms with Gasteiger partial charge in [0.25, 0.3) is 0 Å². The first-order valence-electron chi connectivity index (χ1n) is 7.60. The highest BCUT2D eigenvalue weighted by Crippen LogP contribution is 2.32. The van der Waals surface area contributed by atoms with Gasteiger partial charge in [-0.15, -0.1) is 5.10 Å². The lowest BCUT2D eigenvalue weighted by molar-refractivity contribution is 0.195. The number of aromatic nitrogens is 3. The first-order valence-corrected chi connectivity index (χ1v) is 10.3. The van der Waals surface area contributed by atoms with E-state index in [9.17, 15) is 8.42 Å². The van der Waals surface area contributed by atoms with Gasteiger partial charge in [-0.3, -0.25) is 9.88 Å². The van der Waals surface area contributed by atoms with Crippen LogP contribution in [0.2, 0.25) is 0 Å². The monoisotopic (exact) mass is 352 g/mol. The SMILES string of the molecule is Cc1cccc(CN2CCC[C@@H](c3nnsc3S(C)(=O)=O)C2)n1. The maximum absolute atomic E-state index is 11.9. The van der Waals surface area contributed by atoms with Crippen molar-refractivity contribution in [2.45, 2.75) is 36.4 Å². The molecule has 0 aliphatic carbocycles. The van der Waals surface area contributed by atoms with Crippen molar-refractivity contribution in [2.24, 2.45) is 0 Å². The number of aryl methyl sites for hydroxylation is 1. The molecule has 0 spiro atoms. The van der Waals surface area contributed by atoms with Crippen molar-refractivity contribution in [3.63, 3.8) is 0 Å². The van der Waals surface area contributed by atoms with Crippen molar-refractivity contribution < 1.29 is 8.42 Å². The maximum atomic E-state index is 11.9. The molecule has 2 aromatic rings. The fourth-order valence-corrected chi connectivity index (χ4v) is 4.77. The van der Waals surface area contributed by atoms with E-state index in [-0.39, 0.29) is 5.92 Å². The second kappa shape index (κ2) is 6.62. The van der Waals surface area contributed by atoms with Crippen LogP contribution in [0.4, 0.5) is 0 Å². The Morgan fingerprint density at radius 1 is 1.39 bits per heavy atom. The third kappa shape index (κ3) is 3.94. The standard InChI is InChI=1S/C15H20N4O2S2/c1-11-5-3-7-13(16-11)10-19-8-4-6-12(9-19)14-15(22-18-17-14)23(2,20)21/h3,5,7,12H,4,6,8-10H2,1-2H3/t12-/m1/s1. The van der Waals surface area contributed by atoms with Crippen molar-refractivity contribution in [1.29, 1.82) is 0 Å². The normalized spacial score (nSPS) is 19.8. The molecule has 0 N–H and O–H groups in total. The fourth-order valence-electron chi connectivity index (χ4n) is 3.03. The number of rotatable bonds is 4. The molecule has 0 bridgehead atoms. The topological polar surface area (TPSA) is 76.1 Å². The molecular formula is C15H20N4O2S2. The highest BCUT2D eigenvalue weighted by molar-refractivity contribution is 7.92. The van der Waals surface area contributed by atoms with Crippen LogP contribution in [0.25, 0.3) is 0 Å². The van der Waals surface area contributed by atoms with Crippen molar-refractivity contribution in [2.75, 3.05) is 19.3 Å². The molecule has 1 atom stereocenters. The highest BCUT2D eigenvalue weighted by Gasteiger charge is 2.29. The van der Waals surface area contributed by atoms with Gasteiger partial charge in [-0.05, 0) is 38.4 Å². The van der Waals surface area contributed by atoms with E-state index in [0.29, 0.717) is 9.90 Å². The Hall–Kier alpha value is -1.38. The minimum atomic E-state index is -3.26. The summed E-state index contributed by atoms with van der Waals surface area (Å²) in [7, 11) is -3.26. The van der Waals surface area contributed by atoms with Gasteiger partial charge in [0.2, 0.25) is 0 Å². The average molecular weight is 352 g/mol. The molecule has 2 aromatic heterocycles. The van der Waals surface area contributed by atoms with Gasteiger partial charge in [0.1, 0.15) is 0 Å². The van der Waals surface area contributed by atoms with Crippen LogP contribution in [0.1, 0.15) is 35.8 Å². The first kappa shape index (κ1) is 16.5. The van der Waals surface area contributed by atoms with E-state index in [4.69, 9.17) is 0 Å². The van der Waals surface area contributed by atoms with Gasteiger partial charge >= 0.3 is 0 Å². The largest absolute Gasteiger partial charge is 0.297 e. The van der Waals surface area contributed by atoms with Gasteiger partial charge in [0.15, 0.2) is 14.0 Å². The molecule has 0 saturated carbocycles. The Kier molecular flexibility index (Phi) is 4.74. The van der Waals surface area contributed by atoms with Crippen LogP contribution in [0.15, 0.2) is 22.4 Å². The number of likely N-dealkylation sites (tertiary alicyclic amines) is 1. The summed E-state index contributed by atoms with van der Waals surface area (Å²) >= 11 is 0.977. The van der Waals surface area contributed by atoms with Crippen LogP contribution in [0.3, 0.4) is 0 Å². The van der Waals surface area contributed by atoms with Gasteiger partial charge in [0, 0.05) is 42.5 Å². The lowest BCUT2D eigenvalue weighted by atomic mass is 9.95. The summed E-state index contributed by atoms with van der Waals surface area (Å²) < 4.78 is 27.9. The second-order valence-corrected chi connectivity index (χ2v) is 9.03. The quantitative estimate of drug-likeness (QED) is 0.838. The third-order valence-corrected chi connectivity index (χ3v) is 6.59. The van der Waals surface area contributed by atoms with Crippen molar-refractivity contribution >= 4 is 21.4 Å². The van der Waals surface area contributed by atoms with E-state index in [1.54, 1.807) is 0 Å². The van der Waals surface area contributed by atoms with Crippen LogP contribution in [-0.4, -0.2) is 47.2 Å². The van der Waals surface area contributed by atoms with E-state index in [2.05, 4.69) is 19.5 Å². The zero-order chi connectivity index (χ0) is 16.4. The molecule has 0 aromatic carbocycles. The van der Waals surface area contributed by atoms with E-state index < -0.39 is 9.84 Å². The number of pyridine rings is 1. The summed E-state index contributed by atoms with van der Waals surface area (Å²) in [5.74, 6) is 0.122. The van der Waals surface area contributed by atoms with Gasteiger partial charge in [-0.2, -0.15) is 0 Å². The molecule has 1 aliphatic rings. The summed E-state index contributed by atoms with van der Waals surface area (Å²) in [4.78, 5) is 6.87. The van der Waals surface area contributed by atoms with E-state index >= 15 is 0 Å². The second-order valence-electron chi connectivity index (χ2n) is 6.06. The van der Waals surface area contributed by atoms with Crippen LogP contribution in [0.5, 0.6) is 0 Å². The predicted molar refractivity (Wildman–Crippen MR) is 89.2 cm³/mol. The number of hydrogen-bond donors (Lipinski definition) is 0. The fraction of sp³-hybridized carbons (Fsp3) is 0.533. The summed E-state index contributed by atoms with van der Waals surface area (Å²) in [5, 5.41) is 4.11. The minimum absolute atomic E-state index is 0.122. The van der Waals surface area contributed by atoms with Crippen LogP contribution >= 0.6 is 11.5 Å². The lowest BCUT2D eigenvalue weighted by Crippen LogP contribution is -2.34. The van der Waals surface area contributed by atoms with E-state index in [0.717, 1.165) is 55.4 Å². The number of hydrogen-bond acceptors (Lipinski definition) is 7. The van der Waals surface area contributed by atoms with Gasteiger partial charge in [0.05, 0.1) is 11.4 Å². The molecule has 3 rings (SSSR count). The van der Waals surface area contributed by atoms with E-state index in [1.165, 1.54) is 6.26 Å². The van der Waals surface area contributed by atoms with Crippen LogP contribution < -0.4 is 0 Å². The molecule has 0 radical (unpaired) electrons. The number of piperidine rings is 1. The Bertz CT molecular complexity index is 788. The molecular weight excluding hydrogens is 332 g/mol. The average Bonchev–Trinajstić information content (AvgIpc) is 2.97. The molecule has 0 amide bonds. The Balaban J connectivity index is 1.75. The Labute approximate surface area is 140 Å². The summed E-state index contributed by atoms with van der Waals surface area (Å²) in [5.41, 5.74) is 2.70. The molecule has 1 saturated heterocycles. The zero-order valence-corrected chi connectivity index (χ0v) is 14.9. The number of nitrogens with zero attached hydrogens (tertiary/aromatic N) is 4. The van der Waals surface area contributed by atoms with Gasteiger partial charge in [-0.1, -0.05) is 10.6 Å². The number of sulfone groups is 1. The molecule has 8 heteroatoms. The van der Waals surface area contributed by atoms with Crippen molar-refractivity contribution in [3.8, 4) is 0 Å². The zero-order valence-electron chi connectivity index (χ0n) is 13.3.